The minimum absolute atomic E-state index is 0.0136. The number of hydrogen-bond acceptors (Lipinski definition) is 6. The first-order valence-electron chi connectivity index (χ1n) is 9.45. The van der Waals surface area contributed by atoms with Gasteiger partial charge in [-0.15, -0.1) is 0 Å². The van der Waals surface area contributed by atoms with E-state index in [-0.39, 0.29) is 53.1 Å². The lowest BCUT2D eigenvalue weighted by atomic mass is 10.3. The lowest BCUT2D eigenvalue weighted by Gasteiger charge is -2.26. The molecule has 0 N–H and O–H groups in total. The summed E-state index contributed by atoms with van der Waals surface area (Å²) >= 11 is 0.996. The molecular formula is C19H22F2N4O3S. The van der Waals surface area contributed by atoms with Crippen LogP contribution in [0.15, 0.2) is 12.1 Å². The number of hydrogen-bond donors (Lipinski definition) is 0. The molecule has 1 aromatic heterocycles. The predicted octanol–water partition coefficient (Wildman–Crippen LogP) is 2.40. The number of carbonyl (C=O) groups excluding carboxylic acids is 3. The van der Waals surface area contributed by atoms with E-state index in [4.69, 9.17) is 0 Å². The standard InChI is InChI=1S/C19H22F2N4O3S/c1-3-23(4-2)7-8-24(17(28)11-25-15(26)5-6-16(25)27)19-22-18-13(21)9-12(20)10-14(18)29-19/h9-10H,3-8,11H2,1-2H3. The number of likely N-dealkylation sites (N-methyl/N-ethyl adjacent to an activating group) is 1. The van der Waals surface area contributed by atoms with Crippen molar-refractivity contribution in [3.05, 3.63) is 23.8 Å². The fraction of sp³-hybridized carbons (Fsp3) is 0.474. The first-order valence-corrected chi connectivity index (χ1v) is 10.3. The van der Waals surface area contributed by atoms with E-state index in [9.17, 15) is 23.2 Å². The summed E-state index contributed by atoms with van der Waals surface area (Å²) in [5.41, 5.74) is -0.0136. The van der Waals surface area contributed by atoms with Crippen molar-refractivity contribution in [3.8, 4) is 0 Å². The molecule has 3 amide bonds. The molecule has 2 aromatic rings. The van der Waals surface area contributed by atoms with Gasteiger partial charge in [0.1, 0.15) is 17.9 Å². The van der Waals surface area contributed by atoms with Crippen molar-refractivity contribution in [2.24, 2.45) is 0 Å². The second-order valence-corrected chi connectivity index (χ2v) is 7.69. The van der Waals surface area contributed by atoms with Gasteiger partial charge < -0.3 is 4.90 Å². The van der Waals surface area contributed by atoms with E-state index in [0.29, 0.717) is 6.54 Å². The number of imide groups is 1. The molecule has 2 heterocycles. The van der Waals surface area contributed by atoms with Gasteiger partial charge in [0.15, 0.2) is 10.9 Å². The van der Waals surface area contributed by atoms with E-state index in [1.54, 1.807) is 0 Å². The maximum absolute atomic E-state index is 14.1. The Balaban J connectivity index is 1.90. The van der Waals surface area contributed by atoms with Gasteiger partial charge >= 0.3 is 0 Å². The number of thiazole rings is 1. The Morgan fingerprint density at radius 3 is 2.41 bits per heavy atom. The molecule has 29 heavy (non-hydrogen) atoms. The highest BCUT2D eigenvalue weighted by Crippen LogP contribution is 2.31. The van der Waals surface area contributed by atoms with Crippen molar-refractivity contribution in [2.75, 3.05) is 37.6 Å². The Morgan fingerprint density at radius 1 is 1.14 bits per heavy atom. The van der Waals surface area contributed by atoms with E-state index < -0.39 is 17.5 Å². The summed E-state index contributed by atoms with van der Waals surface area (Å²) in [5.74, 6) is -2.78. The van der Waals surface area contributed by atoms with Gasteiger partial charge in [-0.25, -0.2) is 13.8 Å². The number of amides is 3. The van der Waals surface area contributed by atoms with E-state index >= 15 is 0 Å². The third-order valence-electron chi connectivity index (χ3n) is 4.92. The Hall–Kier alpha value is -2.46. The molecule has 0 spiro atoms. The van der Waals surface area contributed by atoms with Crippen LogP contribution in [0.5, 0.6) is 0 Å². The van der Waals surface area contributed by atoms with Crippen LogP contribution in [0.3, 0.4) is 0 Å². The van der Waals surface area contributed by atoms with E-state index in [1.165, 1.54) is 11.0 Å². The highest BCUT2D eigenvalue weighted by atomic mass is 32.1. The number of likely N-dealkylation sites (tertiary alicyclic amines) is 1. The predicted molar refractivity (Wildman–Crippen MR) is 106 cm³/mol. The molecular weight excluding hydrogens is 402 g/mol. The van der Waals surface area contributed by atoms with Crippen molar-refractivity contribution in [1.82, 2.24) is 14.8 Å². The lowest BCUT2D eigenvalue weighted by molar-refractivity contribution is -0.141. The Kier molecular flexibility index (Phi) is 6.53. The zero-order valence-electron chi connectivity index (χ0n) is 16.3. The summed E-state index contributed by atoms with van der Waals surface area (Å²) in [7, 11) is 0. The summed E-state index contributed by atoms with van der Waals surface area (Å²) in [5, 5.41) is 0.209. The number of anilines is 1. The molecule has 1 aliphatic heterocycles. The van der Waals surface area contributed by atoms with Crippen LogP contribution in [-0.2, 0) is 14.4 Å². The van der Waals surface area contributed by atoms with Crippen LogP contribution in [0.1, 0.15) is 26.7 Å². The molecule has 1 fully saturated rings. The summed E-state index contributed by atoms with van der Waals surface area (Å²) in [6, 6.07) is 1.91. The number of rotatable bonds is 8. The number of benzene rings is 1. The molecule has 10 heteroatoms. The summed E-state index contributed by atoms with van der Waals surface area (Å²) in [6.07, 6.45) is 0.189. The molecule has 1 aliphatic rings. The summed E-state index contributed by atoms with van der Waals surface area (Å²) < 4.78 is 27.9. The minimum Gasteiger partial charge on any atom is -0.302 e. The summed E-state index contributed by atoms with van der Waals surface area (Å²) in [4.78, 5) is 45.3. The molecule has 7 nitrogen and oxygen atoms in total. The largest absolute Gasteiger partial charge is 0.302 e. The Morgan fingerprint density at radius 2 is 1.79 bits per heavy atom. The van der Waals surface area contributed by atoms with Crippen LogP contribution in [0, 0.1) is 11.6 Å². The van der Waals surface area contributed by atoms with Crippen LogP contribution in [0.25, 0.3) is 10.2 Å². The van der Waals surface area contributed by atoms with E-state index in [1.807, 2.05) is 13.8 Å². The maximum Gasteiger partial charge on any atom is 0.248 e. The zero-order valence-corrected chi connectivity index (χ0v) is 17.1. The number of carbonyl (C=O) groups is 3. The third kappa shape index (κ3) is 4.59. The fourth-order valence-electron chi connectivity index (χ4n) is 3.19. The first kappa shape index (κ1) is 21.3. The van der Waals surface area contributed by atoms with Crippen molar-refractivity contribution >= 4 is 44.4 Å². The van der Waals surface area contributed by atoms with Gasteiger partial charge in [-0.05, 0) is 19.2 Å². The maximum atomic E-state index is 14.1. The number of fused-ring (bicyclic) bond motifs is 1. The van der Waals surface area contributed by atoms with Crippen LogP contribution >= 0.6 is 11.3 Å². The smallest absolute Gasteiger partial charge is 0.248 e. The SMILES string of the molecule is CCN(CC)CCN(C(=O)CN1C(=O)CCC1=O)c1nc2c(F)cc(F)cc2s1. The Bertz CT molecular complexity index is 929. The second kappa shape index (κ2) is 8.91. The van der Waals surface area contributed by atoms with Gasteiger partial charge in [0.2, 0.25) is 17.7 Å². The average molecular weight is 424 g/mol. The van der Waals surface area contributed by atoms with Crippen molar-refractivity contribution in [2.45, 2.75) is 26.7 Å². The van der Waals surface area contributed by atoms with Gasteiger partial charge in [0, 0.05) is 32.0 Å². The van der Waals surface area contributed by atoms with Crippen LogP contribution in [0.4, 0.5) is 13.9 Å². The number of halogens is 2. The third-order valence-corrected chi connectivity index (χ3v) is 5.94. The van der Waals surface area contributed by atoms with E-state index in [0.717, 1.165) is 35.4 Å². The van der Waals surface area contributed by atoms with Crippen molar-refractivity contribution in [1.29, 1.82) is 0 Å². The number of nitrogens with zero attached hydrogens (tertiary/aromatic N) is 4. The molecule has 0 saturated carbocycles. The van der Waals surface area contributed by atoms with Crippen LogP contribution in [-0.4, -0.2) is 65.2 Å². The quantitative estimate of drug-likeness (QED) is 0.609. The molecule has 0 aliphatic carbocycles. The molecule has 1 aromatic carbocycles. The molecule has 0 unspecified atom stereocenters. The first-order chi connectivity index (χ1) is 13.8. The normalized spacial score (nSPS) is 14.4. The lowest BCUT2D eigenvalue weighted by Crippen LogP contribution is -2.45. The summed E-state index contributed by atoms with van der Waals surface area (Å²) in [6.45, 7) is 5.94. The van der Waals surface area contributed by atoms with Gasteiger partial charge in [0.05, 0.1) is 4.70 Å². The van der Waals surface area contributed by atoms with Crippen molar-refractivity contribution in [3.63, 3.8) is 0 Å². The van der Waals surface area contributed by atoms with Gasteiger partial charge in [-0.1, -0.05) is 25.2 Å². The van der Waals surface area contributed by atoms with Gasteiger partial charge in [-0.2, -0.15) is 0 Å². The molecule has 156 valence electrons. The second-order valence-electron chi connectivity index (χ2n) is 6.68. The molecule has 0 atom stereocenters. The topological polar surface area (TPSA) is 73.8 Å². The fourth-order valence-corrected chi connectivity index (χ4v) is 4.24. The van der Waals surface area contributed by atoms with Crippen LogP contribution < -0.4 is 4.90 Å². The molecule has 1 saturated heterocycles. The van der Waals surface area contributed by atoms with Gasteiger partial charge in [-0.3, -0.25) is 24.2 Å². The highest BCUT2D eigenvalue weighted by Gasteiger charge is 2.33. The molecule has 0 bridgehead atoms. The monoisotopic (exact) mass is 424 g/mol. The molecule has 3 rings (SSSR count). The Labute approximate surface area is 170 Å². The van der Waals surface area contributed by atoms with Crippen molar-refractivity contribution < 1.29 is 23.2 Å². The number of aromatic nitrogens is 1. The average Bonchev–Trinajstić information content (AvgIpc) is 3.23. The zero-order chi connectivity index (χ0) is 21.1. The molecule has 0 radical (unpaired) electrons. The van der Waals surface area contributed by atoms with Crippen LogP contribution in [0.2, 0.25) is 0 Å². The highest BCUT2D eigenvalue weighted by molar-refractivity contribution is 7.22. The van der Waals surface area contributed by atoms with E-state index in [2.05, 4.69) is 9.88 Å². The van der Waals surface area contributed by atoms with Gasteiger partial charge in [0.25, 0.3) is 0 Å². The minimum atomic E-state index is -0.802.